The summed E-state index contributed by atoms with van der Waals surface area (Å²) in [6.07, 6.45) is 0.787. The first-order valence-electron chi connectivity index (χ1n) is 6.34. The van der Waals surface area contributed by atoms with Gasteiger partial charge in [0.1, 0.15) is 5.15 Å². The summed E-state index contributed by atoms with van der Waals surface area (Å²) in [7, 11) is 1.58. The molecule has 0 aliphatic carbocycles. The van der Waals surface area contributed by atoms with E-state index in [4.69, 9.17) is 25.8 Å². The van der Waals surface area contributed by atoms with Crippen LogP contribution in [-0.2, 0) is 6.42 Å². The number of ether oxygens (including phenoxy) is 3. The Morgan fingerprint density at radius 1 is 1.33 bits per heavy atom. The average molecular weight is 419 g/mol. The van der Waals surface area contributed by atoms with Crippen molar-refractivity contribution >= 4 is 34.2 Å². The molecule has 110 valence electrons. The van der Waals surface area contributed by atoms with Gasteiger partial charge in [-0.2, -0.15) is 0 Å². The van der Waals surface area contributed by atoms with Gasteiger partial charge in [-0.25, -0.2) is 9.97 Å². The van der Waals surface area contributed by atoms with Crippen molar-refractivity contribution in [2.45, 2.75) is 13.3 Å². The first kappa shape index (κ1) is 14.6. The predicted molar refractivity (Wildman–Crippen MR) is 87.2 cm³/mol. The van der Waals surface area contributed by atoms with Gasteiger partial charge in [0, 0.05) is 5.56 Å². The molecule has 0 spiro atoms. The third-order valence-corrected chi connectivity index (χ3v) is 4.86. The second kappa shape index (κ2) is 5.84. The zero-order valence-electron chi connectivity index (χ0n) is 11.4. The van der Waals surface area contributed by atoms with Gasteiger partial charge < -0.3 is 14.2 Å². The fraction of sp³-hybridized carbons (Fsp3) is 0.286. The van der Waals surface area contributed by atoms with E-state index < -0.39 is 0 Å². The summed E-state index contributed by atoms with van der Waals surface area (Å²) in [5, 5.41) is 0.453. The molecule has 0 radical (unpaired) electrons. The van der Waals surface area contributed by atoms with E-state index in [-0.39, 0.29) is 6.79 Å². The molecule has 7 heteroatoms. The molecule has 0 atom stereocenters. The Morgan fingerprint density at radius 3 is 2.86 bits per heavy atom. The SMILES string of the molecule is CCc1nc(-c2cc(OC)c3c(c2)OCO3)nc(Cl)c1I. The maximum Gasteiger partial charge on any atom is 0.231 e. The van der Waals surface area contributed by atoms with Gasteiger partial charge in [0.05, 0.1) is 16.4 Å². The molecule has 3 rings (SSSR count). The van der Waals surface area contributed by atoms with Crippen molar-refractivity contribution in [2.75, 3.05) is 13.9 Å². The minimum absolute atomic E-state index is 0.184. The van der Waals surface area contributed by atoms with Gasteiger partial charge >= 0.3 is 0 Å². The monoisotopic (exact) mass is 418 g/mol. The quantitative estimate of drug-likeness (QED) is 0.562. The van der Waals surface area contributed by atoms with Gasteiger partial charge in [0.2, 0.25) is 12.5 Å². The fourth-order valence-electron chi connectivity index (χ4n) is 2.09. The van der Waals surface area contributed by atoms with Crippen molar-refractivity contribution in [3.8, 4) is 28.6 Å². The summed E-state index contributed by atoms with van der Waals surface area (Å²) in [6, 6.07) is 3.66. The zero-order valence-corrected chi connectivity index (χ0v) is 14.4. The molecular formula is C14H12ClIN2O3. The van der Waals surface area contributed by atoms with Gasteiger partial charge in [-0.05, 0) is 41.1 Å². The predicted octanol–water partition coefficient (Wildman–Crippen LogP) is 3.70. The van der Waals surface area contributed by atoms with Crippen molar-refractivity contribution in [3.63, 3.8) is 0 Å². The largest absolute Gasteiger partial charge is 0.493 e. The summed E-state index contributed by atoms with van der Waals surface area (Å²) in [5.41, 5.74) is 1.70. The maximum atomic E-state index is 6.19. The summed E-state index contributed by atoms with van der Waals surface area (Å²) in [6.45, 7) is 2.22. The lowest BCUT2D eigenvalue weighted by molar-refractivity contribution is 0.171. The van der Waals surface area contributed by atoms with Crippen molar-refractivity contribution in [1.29, 1.82) is 0 Å². The Bertz CT molecular complexity index is 709. The summed E-state index contributed by atoms with van der Waals surface area (Å²) < 4.78 is 17.0. The highest BCUT2D eigenvalue weighted by Gasteiger charge is 2.22. The highest BCUT2D eigenvalue weighted by Crippen LogP contribution is 2.43. The van der Waals surface area contributed by atoms with Crippen LogP contribution in [0.3, 0.4) is 0 Å². The van der Waals surface area contributed by atoms with E-state index in [2.05, 4.69) is 32.6 Å². The minimum Gasteiger partial charge on any atom is -0.493 e. The standard InChI is InChI=1S/C14H12ClIN2O3/c1-3-8-11(16)13(15)18-14(17-8)7-4-9(19-2)12-10(5-7)20-6-21-12/h4-5H,3,6H2,1-2H3. The Hall–Kier alpha value is -1.28. The van der Waals surface area contributed by atoms with Crippen LogP contribution in [0.5, 0.6) is 17.2 Å². The van der Waals surface area contributed by atoms with Crippen molar-refractivity contribution in [3.05, 3.63) is 26.5 Å². The van der Waals surface area contributed by atoms with Crippen molar-refractivity contribution in [1.82, 2.24) is 9.97 Å². The number of aromatic nitrogens is 2. The lowest BCUT2D eigenvalue weighted by atomic mass is 10.1. The molecule has 0 saturated carbocycles. The number of rotatable bonds is 3. The van der Waals surface area contributed by atoms with Crippen molar-refractivity contribution in [2.24, 2.45) is 0 Å². The van der Waals surface area contributed by atoms with Gasteiger partial charge in [-0.3, -0.25) is 0 Å². The molecule has 0 fully saturated rings. The van der Waals surface area contributed by atoms with E-state index in [1.807, 2.05) is 19.1 Å². The van der Waals surface area contributed by atoms with E-state index in [1.54, 1.807) is 7.11 Å². The maximum absolute atomic E-state index is 6.19. The molecule has 21 heavy (non-hydrogen) atoms. The first-order chi connectivity index (χ1) is 10.1. The van der Waals surface area contributed by atoms with Gasteiger partial charge in [0.15, 0.2) is 17.3 Å². The van der Waals surface area contributed by atoms with Crippen LogP contribution in [0.25, 0.3) is 11.4 Å². The Balaban J connectivity index is 2.15. The molecule has 1 aliphatic heterocycles. The number of nitrogens with zero attached hydrogens (tertiary/aromatic N) is 2. The molecular weight excluding hydrogens is 407 g/mol. The number of hydrogen-bond acceptors (Lipinski definition) is 5. The van der Waals surface area contributed by atoms with Gasteiger partial charge in [-0.1, -0.05) is 18.5 Å². The van der Waals surface area contributed by atoms with E-state index in [1.165, 1.54) is 0 Å². The van der Waals surface area contributed by atoms with Crippen LogP contribution in [0.4, 0.5) is 0 Å². The summed E-state index contributed by atoms with van der Waals surface area (Å²) >= 11 is 8.35. The van der Waals surface area contributed by atoms with Crippen LogP contribution in [0, 0.1) is 3.57 Å². The van der Waals surface area contributed by atoms with Crippen molar-refractivity contribution < 1.29 is 14.2 Å². The molecule has 2 heterocycles. The Morgan fingerprint density at radius 2 is 2.14 bits per heavy atom. The topological polar surface area (TPSA) is 53.5 Å². The second-order valence-corrected chi connectivity index (χ2v) is 5.80. The highest BCUT2D eigenvalue weighted by molar-refractivity contribution is 14.1. The zero-order chi connectivity index (χ0) is 15.0. The molecule has 1 aromatic heterocycles. The van der Waals surface area contributed by atoms with E-state index in [0.717, 1.165) is 21.2 Å². The van der Waals surface area contributed by atoms with E-state index in [0.29, 0.717) is 28.2 Å². The number of benzene rings is 1. The van der Waals surface area contributed by atoms with Crippen LogP contribution in [-0.4, -0.2) is 23.9 Å². The number of halogens is 2. The minimum atomic E-state index is 0.184. The lowest BCUT2D eigenvalue weighted by Gasteiger charge is -2.10. The number of aryl methyl sites for hydroxylation is 1. The molecule has 0 saturated heterocycles. The fourth-order valence-corrected chi connectivity index (χ4v) is 2.90. The molecule has 0 N–H and O–H groups in total. The van der Waals surface area contributed by atoms with E-state index >= 15 is 0 Å². The third kappa shape index (κ3) is 2.62. The Kier molecular flexibility index (Phi) is 4.08. The Labute approximate surface area is 140 Å². The second-order valence-electron chi connectivity index (χ2n) is 4.36. The first-order valence-corrected chi connectivity index (χ1v) is 7.79. The summed E-state index contributed by atoms with van der Waals surface area (Å²) in [4.78, 5) is 8.92. The number of fused-ring (bicyclic) bond motifs is 1. The summed E-state index contributed by atoms with van der Waals surface area (Å²) in [5.74, 6) is 2.37. The molecule has 5 nitrogen and oxygen atoms in total. The molecule has 2 aromatic rings. The highest BCUT2D eigenvalue weighted by atomic mass is 127. The molecule has 1 aromatic carbocycles. The molecule has 0 amide bonds. The lowest BCUT2D eigenvalue weighted by Crippen LogP contribution is -2.00. The van der Waals surface area contributed by atoms with Crippen LogP contribution in [0.15, 0.2) is 12.1 Å². The number of methoxy groups -OCH3 is 1. The smallest absolute Gasteiger partial charge is 0.231 e. The van der Waals surface area contributed by atoms with E-state index in [9.17, 15) is 0 Å². The van der Waals surface area contributed by atoms with Crippen LogP contribution in [0.1, 0.15) is 12.6 Å². The normalized spacial score (nSPS) is 12.6. The molecule has 1 aliphatic rings. The van der Waals surface area contributed by atoms with Crippen LogP contribution >= 0.6 is 34.2 Å². The van der Waals surface area contributed by atoms with Crippen LogP contribution < -0.4 is 14.2 Å². The molecule has 0 unspecified atom stereocenters. The molecule has 0 bridgehead atoms. The third-order valence-electron chi connectivity index (χ3n) is 3.13. The average Bonchev–Trinajstić information content (AvgIpc) is 2.97. The van der Waals surface area contributed by atoms with Gasteiger partial charge in [-0.15, -0.1) is 0 Å². The van der Waals surface area contributed by atoms with Gasteiger partial charge in [0.25, 0.3) is 0 Å². The number of hydrogen-bond donors (Lipinski definition) is 0. The van der Waals surface area contributed by atoms with Crippen LogP contribution in [0.2, 0.25) is 5.15 Å².